The van der Waals surface area contributed by atoms with Crippen LogP contribution in [0.15, 0.2) is 59.8 Å². The monoisotopic (exact) mass is 501 g/mol. The van der Waals surface area contributed by atoms with Gasteiger partial charge in [0.25, 0.3) is 5.56 Å². The van der Waals surface area contributed by atoms with E-state index in [1.807, 2.05) is 13.0 Å². The van der Waals surface area contributed by atoms with Gasteiger partial charge in [-0.2, -0.15) is 13.2 Å². The minimum absolute atomic E-state index is 0.162. The molecule has 0 atom stereocenters. The molecule has 0 bridgehead atoms. The van der Waals surface area contributed by atoms with Crippen LogP contribution in [0.5, 0.6) is 0 Å². The number of aryl methyl sites for hydroxylation is 2. The van der Waals surface area contributed by atoms with Crippen molar-refractivity contribution in [2.24, 2.45) is 0 Å². The van der Waals surface area contributed by atoms with Gasteiger partial charge in [0, 0.05) is 24.7 Å². The molecule has 5 rings (SSSR count). The van der Waals surface area contributed by atoms with Crippen molar-refractivity contribution in [3.63, 3.8) is 0 Å². The van der Waals surface area contributed by atoms with Gasteiger partial charge in [-0.25, -0.2) is 14.4 Å². The number of aromatic nitrogens is 5. The van der Waals surface area contributed by atoms with Crippen LogP contribution < -0.4 is 5.56 Å². The molecule has 0 aliphatic heterocycles. The molecule has 0 spiro atoms. The van der Waals surface area contributed by atoms with Crippen molar-refractivity contribution in [3.8, 4) is 0 Å². The maximum absolute atomic E-state index is 13.0. The Kier molecular flexibility index (Phi) is 9.21. The highest BCUT2D eigenvalue weighted by molar-refractivity contribution is 5.69. The molecule has 1 aliphatic rings. The van der Waals surface area contributed by atoms with Crippen molar-refractivity contribution in [1.29, 1.82) is 0 Å². The highest BCUT2D eigenvalue weighted by Crippen LogP contribution is 2.29. The molecule has 0 amide bonds. The second-order valence-corrected chi connectivity index (χ2v) is 8.39. The zero-order valence-corrected chi connectivity index (χ0v) is 20.1. The summed E-state index contributed by atoms with van der Waals surface area (Å²) in [5.74, 6) is -0.162. The number of halogens is 4. The molecule has 3 aromatic heterocycles. The van der Waals surface area contributed by atoms with Gasteiger partial charge in [-0.15, -0.1) is 0 Å². The molecule has 0 saturated heterocycles. The van der Waals surface area contributed by atoms with Crippen molar-refractivity contribution in [2.45, 2.75) is 58.7 Å². The molecule has 190 valence electrons. The lowest BCUT2D eigenvalue weighted by atomic mass is 10.2. The Morgan fingerprint density at radius 2 is 1.58 bits per heavy atom. The second kappa shape index (κ2) is 12.3. The predicted molar refractivity (Wildman–Crippen MR) is 129 cm³/mol. The van der Waals surface area contributed by atoms with Gasteiger partial charge in [0.2, 0.25) is 0 Å². The molecule has 0 N–H and O–H groups in total. The minimum atomic E-state index is -4.65. The van der Waals surface area contributed by atoms with E-state index in [-0.39, 0.29) is 17.2 Å². The second-order valence-electron chi connectivity index (χ2n) is 8.39. The van der Waals surface area contributed by atoms with Crippen molar-refractivity contribution in [1.82, 2.24) is 24.5 Å². The van der Waals surface area contributed by atoms with Crippen molar-refractivity contribution < 1.29 is 17.6 Å². The molecule has 6 nitrogen and oxygen atoms in total. The summed E-state index contributed by atoms with van der Waals surface area (Å²) in [6.45, 7) is 3.15. The minimum Gasteiger partial charge on any atom is -0.285 e. The first-order valence-electron chi connectivity index (χ1n) is 11.6. The zero-order valence-electron chi connectivity index (χ0n) is 20.1. The Morgan fingerprint density at radius 1 is 0.917 bits per heavy atom. The van der Waals surface area contributed by atoms with E-state index in [1.165, 1.54) is 62.6 Å². The van der Waals surface area contributed by atoms with Crippen molar-refractivity contribution >= 4 is 11.2 Å². The molecule has 10 heteroatoms. The molecular weight excluding hydrogens is 474 g/mol. The number of benzene rings is 1. The van der Waals surface area contributed by atoms with Crippen LogP contribution in [0, 0.1) is 19.7 Å². The topological polar surface area (TPSA) is 73.6 Å². The third-order valence-corrected chi connectivity index (χ3v) is 5.39. The summed E-state index contributed by atoms with van der Waals surface area (Å²) in [4.78, 5) is 27.4. The van der Waals surface area contributed by atoms with E-state index in [0.29, 0.717) is 11.2 Å². The molecule has 4 aromatic rings. The molecule has 0 radical (unpaired) electrons. The third-order valence-electron chi connectivity index (χ3n) is 5.39. The lowest BCUT2D eigenvalue weighted by molar-refractivity contribution is -0.142. The van der Waals surface area contributed by atoms with E-state index >= 15 is 0 Å². The number of fused-ring (bicyclic) bond motifs is 1. The van der Waals surface area contributed by atoms with E-state index in [2.05, 4.69) is 19.9 Å². The predicted octanol–water partition coefficient (Wildman–Crippen LogP) is 6.04. The van der Waals surface area contributed by atoms with Gasteiger partial charge in [0.05, 0.1) is 17.9 Å². The summed E-state index contributed by atoms with van der Waals surface area (Å²) >= 11 is 0. The Morgan fingerprint density at radius 3 is 2.17 bits per heavy atom. The van der Waals surface area contributed by atoms with Gasteiger partial charge in [-0.3, -0.25) is 19.3 Å². The Hall–Kier alpha value is -3.69. The number of pyridine rings is 1. The molecule has 36 heavy (non-hydrogen) atoms. The molecular formula is C26H27F4N5O. The highest BCUT2D eigenvalue weighted by atomic mass is 19.4. The number of nitrogens with zero attached hydrogens (tertiary/aromatic N) is 5. The fraction of sp³-hybridized carbons (Fsp3) is 0.346. The van der Waals surface area contributed by atoms with Gasteiger partial charge >= 0.3 is 6.18 Å². The van der Waals surface area contributed by atoms with E-state index in [4.69, 9.17) is 0 Å². The van der Waals surface area contributed by atoms with Crippen LogP contribution in [0.1, 0.15) is 54.7 Å². The lowest BCUT2D eigenvalue weighted by Crippen LogP contribution is -2.24. The van der Waals surface area contributed by atoms with E-state index < -0.39 is 24.0 Å². The molecule has 3 heterocycles. The first-order valence-corrected chi connectivity index (χ1v) is 11.6. The third kappa shape index (κ3) is 7.66. The molecule has 1 aromatic carbocycles. The Bertz CT molecular complexity index is 1330. The Balaban J connectivity index is 0.000000225. The van der Waals surface area contributed by atoms with E-state index in [9.17, 15) is 22.4 Å². The van der Waals surface area contributed by atoms with Crippen LogP contribution in [0.25, 0.3) is 11.2 Å². The fourth-order valence-corrected chi connectivity index (χ4v) is 3.65. The van der Waals surface area contributed by atoms with Gasteiger partial charge in [-0.05, 0) is 37.6 Å². The van der Waals surface area contributed by atoms with Crippen LogP contribution >= 0.6 is 0 Å². The maximum Gasteiger partial charge on any atom is 0.435 e. The van der Waals surface area contributed by atoms with Crippen LogP contribution in [-0.4, -0.2) is 24.5 Å². The fourth-order valence-electron chi connectivity index (χ4n) is 3.65. The number of hydrogen-bond donors (Lipinski definition) is 0. The summed E-state index contributed by atoms with van der Waals surface area (Å²) in [6.07, 6.45) is 6.47. The van der Waals surface area contributed by atoms with E-state index in [1.54, 1.807) is 13.0 Å². The quantitative estimate of drug-likeness (QED) is 0.313. The highest BCUT2D eigenvalue weighted by Gasteiger charge is 2.36. The van der Waals surface area contributed by atoms with Crippen LogP contribution in [-0.2, 0) is 12.7 Å². The average molecular weight is 502 g/mol. The summed E-state index contributed by atoms with van der Waals surface area (Å²) in [7, 11) is 0. The van der Waals surface area contributed by atoms with Crippen molar-refractivity contribution in [3.05, 3.63) is 93.8 Å². The van der Waals surface area contributed by atoms with Crippen LogP contribution in [0.4, 0.5) is 17.6 Å². The van der Waals surface area contributed by atoms with Gasteiger partial charge in [-0.1, -0.05) is 44.2 Å². The largest absolute Gasteiger partial charge is 0.435 e. The van der Waals surface area contributed by atoms with E-state index in [0.717, 1.165) is 22.5 Å². The smallest absolute Gasteiger partial charge is 0.285 e. The summed E-state index contributed by atoms with van der Waals surface area (Å²) < 4.78 is 52.3. The van der Waals surface area contributed by atoms with Gasteiger partial charge in [0.1, 0.15) is 11.3 Å². The number of alkyl halides is 3. The summed E-state index contributed by atoms with van der Waals surface area (Å²) in [5, 5.41) is 0. The van der Waals surface area contributed by atoms with Gasteiger partial charge < -0.3 is 0 Å². The van der Waals surface area contributed by atoms with Crippen LogP contribution in [0.2, 0.25) is 0 Å². The molecule has 1 fully saturated rings. The number of hydrogen-bond acceptors (Lipinski definition) is 5. The maximum atomic E-state index is 13.0. The first kappa shape index (κ1) is 26.9. The SMILES string of the molecule is C1CCCC1.Cc1cccc(F)c1.Cc1cnc2ccc(=O)n(Cc3nccnc3C(F)(F)F)c2n1. The zero-order chi connectivity index (χ0) is 26.1. The normalized spacial score (nSPS) is 12.9. The lowest BCUT2D eigenvalue weighted by Gasteiger charge is -2.13. The standard InChI is InChI=1S/C14H10F3N5O.C7H7F.C5H10/c1-8-6-20-9-2-3-11(23)22(13(9)21-8)7-10-12(14(15,16)17)19-5-4-18-10;1-6-3-2-4-7(8)5-6;1-2-4-5-3-1/h2-6H,7H2,1H3;2-5H,1H3;1-5H2. The van der Waals surface area contributed by atoms with Crippen LogP contribution in [0.3, 0.4) is 0 Å². The molecule has 1 aliphatic carbocycles. The summed E-state index contributed by atoms with van der Waals surface area (Å²) in [6, 6.07) is 9.21. The first-order chi connectivity index (χ1) is 17.1. The summed E-state index contributed by atoms with van der Waals surface area (Å²) in [5.41, 5.74) is 0.166. The Labute approximate surface area is 206 Å². The van der Waals surface area contributed by atoms with Gasteiger partial charge in [0.15, 0.2) is 11.3 Å². The van der Waals surface area contributed by atoms with Crippen molar-refractivity contribution in [2.75, 3.05) is 0 Å². The number of rotatable bonds is 2. The molecule has 1 saturated carbocycles. The average Bonchev–Trinajstić information content (AvgIpc) is 3.41. The molecule has 0 unspecified atom stereocenters.